The van der Waals surface area contributed by atoms with Crippen molar-refractivity contribution in [2.75, 3.05) is 33.3 Å². The van der Waals surface area contributed by atoms with Gasteiger partial charge in [-0.2, -0.15) is 0 Å². The Morgan fingerprint density at radius 3 is 2.73 bits per heavy atom. The summed E-state index contributed by atoms with van der Waals surface area (Å²) in [6.07, 6.45) is 1.57. The Kier molecular flexibility index (Phi) is 5.01. The average Bonchev–Trinajstić information content (AvgIpc) is 2.12. The molecule has 15 heavy (non-hydrogen) atoms. The molecule has 0 bridgehead atoms. The third-order valence-electron chi connectivity index (χ3n) is 2.63. The average molecular weight is 216 g/mol. The summed E-state index contributed by atoms with van der Waals surface area (Å²) in [7, 11) is 1.89. The quantitative estimate of drug-likeness (QED) is 0.521. The number of likely N-dealkylation sites (N-methyl/N-ethyl adjacent to an activating group) is 1. The molecule has 3 N–H and O–H groups in total. The van der Waals surface area contributed by atoms with E-state index in [-0.39, 0.29) is 18.6 Å². The molecule has 1 fully saturated rings. The lowest BCUT2D eigenvalue weighted by molar-refractivity contribution is -0.122. The fourth-order valence-electron chi connectivity index (χ4n) is 1.85. The van der Waals surface area contributed by atoms with Crippen LogP contribution < -0.4 is 5.32 Å². The maximum absolute atomic E-state index is 11.3. The van der Waals surface area contributed by atoms with Crippen molar-refractivity contribution < 1.29 is 15.0 Å². The molecule has 0 aromatic rings. The number of hydrogen-bond donors (Lipinski definition) is 3. The minimum Gasteiger partial charge on any atom is -0.395 e. The molecule has 0 radical (unpaired) electrons. The van der Waals surface area contributed by atoms with E-state index >= 15 is 0 Å². The maximum atomic E-state index is 11.3. The fourth-order valence-corrected chi connectivity index (χ4v) is 1.85. The van der Waals surface area contributed by atoms with Crippen molar-refractivity contribution in [1.82, 2.24) is 10.2 Å². The van der Waals surface area contributed by atoms with Crippen LogP contribution in [-0.4, -0.2) is 60.4 Å². The van der Waals surface area contributed by atoms with E-state index in [1.807, 2.05) is 11.9 Å². The normalized spacial score (nSPS) is 25.1. The largest absolute Gasteiger partial charge is 0.395 e. The Labute approximate surface area is 90.1 Å². The van der Waals surface area contributed by atoms with Crippen molar-refractivity contribution in [3.05, 3.63) is 0 Å². The summed E-state index contributed by atoms with van der Waals surface area (Å²) in [6, 6.07) is 0. The van der Waals surface area contributed by atoms with E-state index in [2.05, 4.69) is 5.32 Å². The van der Waals surface area contributed by atoms with Crippen LogP contribution in [0.2, 0.25) is 0 Å². The number of nitrogens with zero attached hydrogens (tertiary/aromatic N) is 1. The summed E-state index contributed by atoms with van der Waals surface area (Å²) in [4.78, 5) is 13.2. The van der Waals surface area contributed by atoms with Gasteiger partial charge in [0.1, 0.15) is 0 Å². The van der Waals surface area contributed by atoms with Gasteiger partial charge in [-0.05, 0) is 25.8 Å². The molecule has 1 amide bonds. The number of carbonyl (C=O) groups excluding carboxylic acids is 1. The van der Waals surface area contributed by atoms with Crippen molar-refractivity contribution in [2.24, 2.45) is 5.92 Å². The maximum Gasteiger partial charge on any atom is 0.234 e. The number of amides is 1. The van der Waals surface area contributed by atoms with Gasteiger partial charge < -0.3 is 15.5 Å². The lowest BCUT2D eigenvalue weighted by atomic mass is 9.82. The van der Waals surface area contributed by atoms with Crippen LogP contribution >= 0.6 is 0 Å². The number of aliphatic hydroxyl groups excluding tert-OH is 2. The number of aliphatic hydroxyl groups is 2. The smallest absolute Gasteiger partial charge is 0.234 e. The molecule has 0 heterocycles. The molecule has 0 aromatic carbocycles. The van der Waals surface area contributed by atoms with Crippen LogP contribution in [0, 0.1) is 5.92 Å². The zero-order valence-corrected chi connectivity index (χ0v) is 9.15. The first-order valence-electron chi connectivity index (χ1n) is 5.36. The van der Waals surface area contributed by atoms with Gasteiger partial charge in [-0.3, -0.25) is 9.69 Å². The van der Waals surface area contributed by atoms with E-state index in [1.54, 1.807) is 0 Å². The van der Waals surface area contributed by atoms with Crippen LogP contribution in [0.25, 0.3) is 0 Å². The van der Waals surface area contributed by atoms with Gasteiger partial charge in [-0.1, -0.05) is 0 Å². The molecule has 0 atom stereocenters. The molecule has 0 aliphatic heterocycles. The van der Waals surface area contributed by atoms with Crippen molar-refractivity contribution in [3.63, 3.8) is 0 Å². The van der Waals surface area contributed by atoms with E-state index in [4.69, 9.17) is 10.2 Å². The lowest BCUT2D eigenvalue weighted by Gasteiger charge is -2.34. The summed E-state index contributed by atoms with van der Waals surface area (Å²) < 4.78 is 0. The van der Waals surface area contributed by atoms with Gasteiger partial charge >= 0.3 is 0 Å². The predicted octanol–water partition coefficient (Wildman–Crippen LogP) is -1.20. The third kappa shape index (κ3) is 4.59. The van der Waals surface area contributed by atoms with Crippen molar-refractivity contribution >= 4 is 5.91 Å². The SMILES string of the molecule is CN(CC(=O)NCCO)CC1CC(O)C1. The summed E-state index contributed by atoms with van der Waals surface area (Å²) in [6.45, 7) is 1.50. The summed E-state index contributed by atoms with van der Waals surface area (Å²) in [5, 5.41) is 20.2. The highest BCUT2D eigenvalue weighted by Crippen LogP contribution is 2.27. The monoisotopic (exact) mass is 216 g/mol. The third-order valence-corrected chi connectivity index (χ3v) is 2.63. The van der Waals surface area contributed by atoms with Crippen molar-refractivity contribution in [3.8, 4) is 0 Å². The van der Waals surface area contributed by atoms with E-state index in [9.17, 15) is 4.79 Å². The van der Waals surface area contributed by atoms with Gasteiger partial charge in [0.2, 0.25) is 5.91 Å². The second-order valence-electron chi connectivity index (χ2n) is 4.26. The number of rotatable bonds is 6. The van der Waals surface area contributed by atoms with E-state index < -0.39 is 0 Å². The van der Waals surface area contributed by atoms with Gasteiger partial charge in [-0.15, -0.1) is 0 Å². The van der Waals surface area contributed by atoms with Crippen LogP contribution in [0.3, 0.4) is 0 Å². The van der Waals surface area contributed by atoms with Gasteiger partial charge in [0.15, 0.2) is 0 Å². The summed E-state index contributed by atoms with van der Waals surface area (Å²) in [5.74, 6) is 0.460. The molecular formula is C10H20N2O3. The van der Waals surface area contributed by atoms with Crippen molar-refractivity contribution in [1.29, 1.82) is 0 Å². The zero-order valence-electron chi connectivity index (χ0n) is 9.15. The molecule has 5 heteroatoms. The minimum absolute atomic E-state index is 0.0235. The van der Waals surface area contributed by atoms with E-state index in [0.717, 1.165) is 19.4 Å². The summed E-state index contributed by atoms with van der Waals surface area (Å²) >= 11 is 0. The van der Waals surface area contributed by atoms with E-state index in [0.29, 0.717) is 19.0 Å². The molecule has 5 nitrogen and oxygen atoms in total. The molecule has 0 saturated heterocycles. The highest BCUT2D eigenvalue weighted by Gasteiger charge is 2.28. The minimum atomic E-state index is -0.133. The Balaban J connectivity index is 2.07. The van der Waals surface area contributed by atoms with Gasteiger partial charge in [0, 0.05) is 13.1 Å². The Morgan fingerprint density at radius 2 is 2.20 bits per heavy atom. The number of nitrogens with one attached hydrogen (secondary N) is 1. The predicted molar refractivity (Wildman–Crippen MR) is 56.3 cm³/mol. The standard InChI is InChI=1S/C10H20N2O3/c1-12(6-8-4-9(14)5-8)7-10(15)11-2-3-13/h8-9,13-14H,2-7H2,1H3,(H,11,15). The first-order valence-corrected chi connectivity index (χ1v) is 5.36. The van der Waals surface area contributed by atoms with Crippen LogP contribution in [-0.2, 0) is 4.79 Å². The molecule has 1 rings (SSSR count). The molecule has 0 unspecified atom stereocenters. The molecule has 1 aliphatic carbocycles. The van der Waals surface area contributed by atoms with Crippen molar-refractivity contribution in [2.45, 2.75) is 18.9 Å². The molecule has 0 aromatic heterocycles. The van der Waals surface area contributed by atoms with E-state index in [1.165, 1.54) is 0 Å². The van der Waals surface area contributed by atoms with Crippen LogP contribution in [0.15, 0.2) is 0 Å². The first kappa shape index (κ1) is 12.4. The van der Waals surface area contributed by atoms with Crippen LogP contribution in [0.5, 0.6) is 0 Å². The molecule has 1 saturated carbocycles. The van der Waals surface area contributed by atoms with Gasteiger partial charge in [0.05, 0.1) is 19.3 Å². The lowest BCUT2D eigenvalue weighted by Crippen LogP contribution is -2.41. The second-order valence-corrected chi connectivity index (χ2v) is 4.26. The van der Waals surface area contributed by atoms with Gasteiger partial charge in [-0.25, -0.2) is 0 Å². The topological polar surface area (TPSA) is 72.8 Å². The molecular weight excluding hydrogens is 196 g/mol. The zero-order chi connectivity index (χ0) is 11.3. The molecule has 88 valence electrons. The number of hydrogen-bond acceptors (Lipinski definition) is 4. The Bertz CT molecular complexity index is 205. The highest BCUT2D eigenvalue weighted by molar-refractivity contribution is 5.77. The molecule has 0 spiro atoms. The number of carbonyl (C=O) groups is 1. The Morgan fingerprint density at radius 1 is 1.53 bits per heavy atom. The first-order chi connectivity index (χ1) is 7.11. The van der Waals surface area contributed by atoms with Crippen LogP contribution in [0.1, 0.15) is 12.8 Å². The molecule has 1 aliphatic rings. The van der Waals surface area contributed by atoms with Crippen LogP contribution in [0.4, 0.5) is 0 Å². The highest BCUT2D eigenvalue weighted by atomic mass is 16.3. The Hall–Kier alpha value is -0.650. The van der Waals surface area contributed by atoms with Gasteiger partial charge in [0.25, 0.3) is 0 Å². The fraction of sp³-hybridized carbons (Fsp3) is 0.900. The summed E-state index contributed by atoms with van der Waals surface area (Å²) in [5.41, 5.74) is 0. The second kappa shape index (κ2) is 6.05.